The number of carbonyl (C=O) groups excluding carboxylic acids is 1. The first kappa shape index (κ1) is 12.8. The lowest BCUT2D eigenvalue weighted by Gasteiger charge is -2.10. The average Bonchev–Trinajstić information content (AvgIpc) is 2.82. The summed E-state index contributed by atoms with van der Waals surface area (Å²) in [6.07, 6.45) is 3.52. The summed E-state index contributed by atoms with van der Waals surface area (Å²) in [7, 11) is 0. The summed E-state index contributed by atoms with van der Waals surface area (Å²) < 4.78 is 6.50. The fourth-order valence-corrected chi connectivity index (χ4v) is 2.59. The maximum Gasteiger partial charge on any atom is 0.252 e. The van der Waals surface area contributed by atoms with E-state index in [0.29, 0.717) is 12.6 Å². The first-order chi connectivity index (χ1) is 8.27. The highest BCUT2D eigenvalue weighted by molar-refractivity contribution is 14.1. The third kappa shape index (κ3) is 3.67. The number of nitrogens with one attached hydrogen (secondary N) is 1. The van der Waals surface area contributed by atoms with Crippen LogP contribution in [-0.4, -0.2) is 25.2 Å². The SMILES string of the molecule is O=C(NCCC1CCCO1)c1ccccc1I. The van der Waals surface area contributed by atoms with Crippen molar-refractivity contribution >= 4 is 28.5 Å². The van der Waals surface area contributed by atoms with Crippen LogP contribution in [0.1, 0.15) is 29.6 Å². The van der Waals surface area contributed by atoms with Crippen LogP contribution in [0.3, 0.4) is 0 Å². The fraction of sp³-hybridized carbons (Fsp3) is 0.462. The van der Waals surface area contributed by atoms with Crippen molar-refractivity contribution in [2.75, 3.05) is 13.2 Å². The molecule has 3 nitrogen and oxygen atoms in total. The zero-order chi connectivity index (χ0) is 12.1. The number of ether oxygens (including phenoxy) is 1. The van der Waals surface area contributed by atoms with Crippen LogP contribution in [-0.2, 0) is 4.74 Å². The lowest BCUT2D eigenvalue weighted by molar-refractivity contribution is 0.0906. The van der Waals surface area contributed by atoms with E-state index >= 15 is 0 Å². The zero-order valence-electron chi connectivity index (χ0n) is 9.62. The third-order valence-corrected chi connectivity index (χ3v) is 3.84. The van der Waals surface area contributed by atoms with E-state index < -0.39 is 0 Å². The topological polar surface area (TPSA) is 38.3 Å². The first-order valence-corrected chi connectivity index (χ1v) is 6.99. The monoisotopic (exact) mass is 345 g/mol. The van der Waals surface area contributed by atoms with E-state index in [4.69, 9.17) is 4.74 Å². The minimum atomic E-state index is 0.00740. The second-order valence-corrected chi connectivity index (χ2v) is 5.32. The maximum atomic E-state index is 11.9. The summed E-state index contributed by atoms with van der Waals surface area (Å²) in [6, 6.07) is 7.61. The lowest BCUT2D eigenvalue weighted by Crippen LogP contribution is -2.27. The van der Waals surface area contributed by atoms with Crippen molar-refractivity contribution in [1.82, 2.24) is 5.32 Å². The average molecular weight is 345 g/mol. The highest BCUT2D eigenvalue weighted by Gasteiger charge is 2.15. The Morgan fingerprint density at radius 2 is 2.29 bits per heavy atom. The molecule has 2 rings (SSSR count). The number of carbonyl (C=O) groups is 1. The maximum absolute atomic E-state index is 11.9. The molecule has 1 amide bonds. The van der Waals surface area contributed by atoms with Crippen LogP contribution in [0, 0.1) is 3.57 Å². The molecule has 1 aromatic carbocycles. The van der Waals surface area contributed by atoms with Crippen LogP contribution < -0.4 is 5.32 Å². The zero-order valence-corrected chi connectivity index (χ0v) is 11.8. The second kappa shape index (κ2) is 6.35. The molecule has 1 saturated heterocycles. The van der Waals surface area contributed by atoms with Crippen molar-refractivity contribution in [2.45, 2.75) is 25.4 Å². The molecule has 1 aliphatic rings. The Balaban J connectivity index is 1.79. The van der Waals surface area contributed by atoms with Gasteiger partial charge in [0.15, 0.2) is 0 Å². The van der Waals surface area contributed by atoms with Crippen molar-refractivity contribution in [3.8, 4) is 0 Å². The van der Waals surface area contributed by atoms with Crippen LogP contribution >= 0.6 is 22.6 Å². The number of amides is 1. The number of hydrogen-bond acceptors (Lipinski definition) is 2. The molecule has 0 aliphatic carbocycles. The molecule has 1 aromatic rings. The smallest absolute Gasteiger partial charge is 0.252 e. The van der Waals surface area contributed by atoms with Gasteiger partial charge < -0.3 is 10.1 Å². The molecule has 1 N–H and O–H groups in total. The van der Waals surface area contributed by atoms with Gasteiger partial charge in [-0.3, -0.25) is 4.79 Å². The fourth-order valence-electron chi connectivity index (χ4n) is 1.96. The Morgan fingerprint density at radius 3 is 3.00 bits per heavy atom. The van der Waals surface area contributed by atoms with Crippen molar-refractivity contribution < 1.29 is 9.53 Å². The Kier molecular flexibility index (Phi) is 4.79. The molecule has 1 unspecified atom stereocenters. The van der Waals surface area contributed by atoms with Crippen molar-refractivity contribution in [3.63, 3.8) is 0 Å². The van der Waals surface area contributed by atoms with Crippen molar-refractivity contribution in [1.29, 1.82) is 0 Å². The molecule has 92 valence electrons. The standard InChI is InChI=1S/C13H16INO2/c14-12-6-2-1-5-11(12)13(16)15-8-7-10-4-3-9-17-10/h1-2,5-6,10H,3-4,7-9H2,(H,15,16). The Hall–Kier alpha value is -0.620. The molecule has 17 heavy (non-hydrogen) atoms. The van der Waals surface area contributed by atoms with Crippen LogP contribution in [0.2, 0.25) is 0 Å². The van der Waals surface area contributed by atoms with E-state index in [0.717, 1.165) is 35.0 Å². The summed E-state index contributed by atoms with van der Waals surface area (Å²) in [4.78, 5) is 11.9. The normalized spacial score (nSPS) is 19.2. The molecule has 0 spiro atoms. The molecule has 1 aliphatic heterocycles. The molecular formula is C13H16INO2. The number of rotatable bonds is 4. The van der Waals surface area contributed by atoms with E-state index in [1.165, 1.54) is 0 Å². The van der Waals surface area contributed by atoms with Gasteiger partial charge in [0.2, 0.25) is 0 Å². The van der Waals surface area contributed by atoms with Gasteiger partial charge in [-0.1, -0.05) is 12.1 Å². The molecule has 1 atom stereocenters. The largest absolute Gasteiger partial charge is 0.378 e. The van der Waals surface area contributed by atoms with E-state index in [9.17, 15) is 4.79 Å². The molecule has 1 heterocycles. The van der Waals surface area contributed by atoms with Gasteiger partial charge in [-0.15, -0.1) is 0 Å². The van der Waals surface area contributed by atoms with Gasteiger partial charge in [-0.25, -0.2) is 0 Å². The van der Waals surface area contributed by atoms with E-state index in [1.807, 2.05) is 24.3 Å². The van der Waals surface area contributed by atoms with E-state index in [2.05, 4.69) is 27.9 Å². The molecule has 4 heteroatoms. The van der Waals surface area contributed by atoms with Gasteiger partial charge in [0.05, 0.1) is 11.7 Å². The van der Waals surface area contributed by atoms with Gasteiger partial charge in [0.1, 0.15) is 0 Å². The third-order valence-electron chi connectivity index (χ3n) is 2.89. The lowest BCUT2D eigenvalue weighted by atomic mass is 10.1. The molecule has 0 bridgehead atoms. The van der Waals surface area contributed by atoms with Gasteiger partial charge in [-0.05, 0) is 54.0 Å². The van der Waals surface area contributed by atoms with Crippen LogP contribution in [0.15, 0.2) is 24.3 Å². The molecule has 1 fully saturated rings. The van der Waals surface area contributed by atoms with Crippen molar-refractivity contribution in [2.24, 2.45) is 0 Å². The second-order valence-electron chi connectivity index (χ2n) is 4.16. The molecular weight excluding hydrogens is 329 g/mol. The number of benzene rings is 1. The van der Waals surface area contributed by atoms with Crippen LogP contribution in [0.4, 0.5) is 0 Å². The number of hydrogen-bond donors (Lipinski definition) is 1. The minimum absolute atomic E-state index is 0.00740. The Bertz CT molecular complexity index is 389. The summed E-state index contributed by atoms with van der Waals surface area (Å²) in [6.45, 7) is 1.56. The van der Waals surface area contributed by atoms with Gasteiger partial charge >= 0.3 is 0 Å². The predicted octanol–water partition coefficient (Wildman–Crippen LogP) is 2.59. The van der Waals surface area contributed by atoms with E-state index in [-0.39, 0.29) is 5.91 Å². The Labute approximate surface area is 115 Å². The quantitative estimate of drug-likeness (QED) is 0.852. The van der Waals surface area contributed by atoms with Crippen LogP contribution in [0.5, 0.6) is 0 Å². The molecule has 0 aromatic heterocycles. The van der Waals surface area contributed by atoms with E-state index in [1.54, 1.807) is 0 Å². The number of halogens is 1. The highest BCUT2D eigenvalue weighted by Crippen LogP contribution is 2.15. The predicted molar refractivity (Wildman–Crippen MR) is 75.1 cm³/mol. The summed E-state index contributed by atoms with van der Waals surface area (Å²) in [5.41, 5.74) is 0.750. The first-order valence-electron chi connectivity index (χ1n) is 5.91. The van der Waals surface area contributed by atoms with Gasteiger partial charge in [0, 0.05) is 16.7 Å². The molecule has 0 saturated carbocycles. The molecule has 0 radical (unpaired) electrons. The summed E-state index contributed by atoms with van der Waals surface area (Å²) >= 11 is 2.18. The van der Waals surface area contributed by atoms with Crippen LogP contribution in [0.25, 0.3) is 0 Å². The minimum Gasteiger partial charge on any atom is -0.378 e. The summed E-state index contributed by atoms with van der Waals surface area (Å²) in [5.74, 6) is 0.00740. The van der Waals surface area contributed by atoms with Crippen molar-refractivity contribution in [3.05, 3.63) is 33.4 Å². The van der Waals surface area contributed by atoms with Gasteiger partial charge in [-0.2, -0.15) is 0 Å². The Morgan fingerprint density at radius 1 is 1.47 bits per heavy atom. The highest BCUT2D eigenvalue weighted by atomic mass is 127. The summed E-state index contributed by atoms with van der Waals surface area (Å²) in [5, 5.41) is 2.94. The van der Waals surface area contributed by atoms with Gasteiger partial charge in [0.25, 0.3) is 5.91 Å².